The monoisotopic (exact) mass is 441 g/mol. The second kappa shape index (κ2) is 8.75. The largest absolute Gasteiger partial charge is 0.352 e. The van der Waals surface area contributed by atoms with Gasteiger partial charge in [-0.2, -0.15) is 5.10 Å². The van der Waals surface area contributed by atoms with E-state index >= 15 is 0 Å². The number of piperazine rings is 1. The third kappa shape index (κ3) is 4.19. The van der Waals surface area contributed by atoms with Crippen molar-refractivity contribution in [1.82, 2.24) is 34.5 Å². The molecule has 31 heavy (non-hydrogen) atoms. The van der Waals surface area contributed by atoms with Crippen LogP contribution in [0.3, 0.4) is 0 Å². The number of hydrogen-bond acceptors (Lipinski definition) is 9. The van der Waals surface area contributed by atoms with Crippen LogP contribution in [0.2, 0.25) is 0 Å². The number of fused-ring (bicyclic) bond motifs is 1. The Kier molecular flexibility index (Phi) is 5.68. The third-order valence-corrected chi connectivity index (χ3v) is 6.91. The quantitative estimate of drug-likeness (QED) is 0.584. The maximum atomic E-state index is 13.0. The Hall–Kier alpha value is -2.79. The first kappa shape index (κ1) is 20.1. The third-order valence-electron chi connectivity index (χ3n) is 6.08. The SMILES string of the molecule is Cn1ncc2c(N3CCN(C(=O)CN4CCCN(c5nccs5)CC4)CC3)ncnc21. The Bertz CT molecular complexity index is 1030. The second-order valence-corrected chi connectivity index (χ2v) is 8.88. The molecule has 0 spiro atoms. The Morgan fingerprint density at radius 2 is 1.84 bits per heavy atom. The van der Waals surface area contributed by atoms with E-state index in [-0.39, 0.29) is 5.91 Å². The van der Waals surface area contributed by atoms with E-state index < -0.39 is 0 Å². The van der Waals surface area contributed by atoms with E-state index in [4.69, 9.17) is 0 Å². The minimum Gasteiger partial charge on any atom is -0.352 e. The first-order valence-corrected chi connectivity index (χ1v) is 11.6. The van der Waals surface area contributed by atoms with Gasteiger partial charge in [0.05, 0.1) is 18.1 Å². The van der Waals surface area contributed by atoms with Crippen LogP contribution in [0.4, 0.5) is 10.9 Å². The lowest BCUT2D eigenvalue weighted by atomic mass is 10.2. The molecule has 3 aromatic heterocycles. The van der Waals surface area contributed by atoms with Gasteiger partial charge < -0.3 is 14.7 Å². The highest BCUT2D eigenvalue weighted by Gasteiger charge is 2.26. The van der Waals surface area contributed by atoms with Gasteiger partial charge in [-0.15, -0.1) is 11.3 Å². The molecule has 3 aromatic rings. The topological polar surface area (TPSA) is 86.5 Å². The van der Waals surface area contributed by atoms with E-state index in [1.807, 2.05) is 29.7 Å². The smallest absolute Gasteiger partial charge is 0.236 e. The van der Waals surface area contributed by atoms with Gasteiger partial charge in [0.2, 0.25) is 5.91 Å². The number of hydrogen-bond donors (Lipinski definition) is 0. The molecule has 0 saturated carbocycles. The van der Waals surface area contributed by atoms with Crippen LogP contribution in [-0.2, 0) is 11.8 Å². The molecule has 0 aromatic carbocycles. The molecule has 5 rings (SSSR count). The molecule has 10 nitrogen and oxygen atoms in total. The van der Waals surface area contributed by atoms with Gasteiger partial charge >= 0.3 is 0 Å². The number of anilines is 2. The minimum absolute atomic E-state index is 0.219. The van der Waals surface area contributed by atoms with Crippen molar-refractivity contribution < 1.29 is 4.79 Å². The van der Waals surface area contributed by atoms with Crippen molar-refractivity contribution in [2.45, 2.75) is 6.42 Å². The molecule has 0 unspecified atom stereocenters. The highest BCUT2D eigenvalue weighted by molar-refractivity contribution is 7.13. The van der Waals surface area contributed by atoms with Gasteiger partial charge in [0.25, 0.3) is 0 Å². The number of aryl methyl sites for hydroxylation is 1. The van der Waals surface area contributed by atoms with Gasteiger partial charge in [0, 0.05) is 71.0 Å². The molecule has 2 saturated heterocycles. The summed E-state index contributed by atoms with van der Waals surface area (Å²) in [6, 6.07) is 0. The van der Waals surface area contributed by atoms with E-state index in [0.717, 1.165) is 67.7 Å². The van der Waals surface area contributed by atoms with E-state index in [9.17, 15) is 4.79 Å². The van der Waals surface area contributed by atoms with E-state index in [2.05, 4.69) is 34.8 Å². The highest BCUT2D eigenvalue weighted by atomic mass is 32.1. The number of thiazole rings is 1. The Labute approximate surface area is 185 Å². The summed E-state index contributed by atoms with van der Waals surface area (Å²) < 4.78 is 1.76. The lowest BCUT2D eigenvalue weighted by molar-refractivity contribution is -0.132. The standard InChI is InChI=1S/C20H27N9OS/c1-25-18-16(13-24-25)19(23-15-22-18)28-10-8-27(9-11-28)17(30)14-26-4-2-5-29(7-6-26)20-21-3-12-31-20/h3,12-13,15H,2,4-11,14H2,1H3. The molecule has 2 aliphatic rings. The fourth-order valence-corrected chi connectivity index (χ4v) is 5.05. The fourth-order valence-electron chi connectivity index (χ4n) is 4.35. The lowest BCUT2D eigenvalue weighted by Gasteiger charge is -2.36. The van der Waals surface area contributed by atoms with Gasteiger partial charge in [0.1, 0.15) is 12.1 Å². The summed E-state index contributed by atoms with van der Waals surface area (Å²) in [6.45, 7) is 7.22. The van der Waals surface area contributed by atoms with Gasteiger partial charge in [-0.05, 0) is 6.42 Å². The van der Waals surface area contributed by atoms with Gasteiger partial charge in [-0.3, -0.25) is 14.4 Å². The van der Waals surface area contributed by atoms with Crippen molar-refractivity contribution in [3.05, 3.63) is 24.1 Å². The van der Waals surface area contributed by atoms with E-state index in [0.29, 0.717) is 19.6 Å². The molecule has 5 heterocycles. The van der Waals surface area contributed by atoms with Crippen LogP contribution in [-0.4, -0.2) is 99.3 Å². The number of rotatable bonds is 4. The molecule has 0 aliphatic carbocycles. The van der Waals surface area contributed by atoms with Crippen molar-refractivity contribution in [1.29, 1.82) is 0 Å². The Morgan fingerprint density at radius 1 is 1.00 bits per heavy atom. The van der Waals surface area contributed by atoms with Gasteiger partial charge in [-0.1, -0.05) is 0 Å². The highest BCUT2D eigenvalue weighted by Crippen LogP contribution is 2.23. The average molecular weight is 442 g/mol. The maximum absolute atomic E-state index is 13.0. The van der Waals surface area contributed by atoms with E-state index in [1.54, 1.807) is 22.3 Å². The summed E-state index contributed by atoms with van der Waals surface area (Å²) in [5.41, 5.74) is 0.830. The molecule has 164 valence electrons. The zero-order valence-corrected chi connectivity index (χ0v) is 18.5. The predicted octanol–water partition coefficient (Wildman–Crippen LogP) is 0.681. The second-order valence-electron chi connectivity index (χ2n) is 8.00. The number of aromatic nitrogens is 5. The fraction of sp³-hybridized carbons (Fsp3) is 0.550. The summed E-state index contributed by atoms with van der Waals surface area (Å²) in [5.74, 6) is 1.12. The van der Waals surface area contributed by atoms with Crippen LogP contribution >= 0.6 is 11.3 Å². The molecule has 0 atom stereocenters. The van der Waals surface area contributed by atoms with Crippen LogP contribution < -0.4 is 9.80 Å². The molecule has 1 amide bonds. The number of carbonyl (C=O) groups excluding carboxylic acids is 1. The number of carbonyl (C=O) groups is 1. The summed E-state index contributed by atoms with van der Waals surface area (Å²) in [6.07, 6.45) is 6.31. The maximum Gasteiger partial charge on any atom is 0.236 e. The van der Waals surface area contributed by atoms with Crippen molar-refractivity contribution in [2.24, 2.45) is 7.05 Å². The molecule has 2 fully saturated rings. The number of nitrogens with zero attached hydrogens (tertiary/aromatic N) is 9. The number of amides is 1. The summed E-state index contributed by atoms with van der Waals surface area (Å²) in [5, 5.41) is 8.35. The van der Waals surface area contributed by atoms with E-state index in [1.165, 1.54) is 0 Å². The van der Waals surface area contributed by atoms with Gasteiger partial charge in [0.15, 0.2) is 10.8 Å². The zero-order chi connectivity index (χ0) is 21.2. The molecule has 0 radical (unpaired) electrons. The van der Waals surface area contributed by atoms with Gasteiger partial charge in [-0.25, -0.2) is 15.0 Å². The van der Waals surface area contributed by atoms with Crippen molar-refractivity contribution >= 4 is 39.2 Å². The van der Waals surface area contributed by atoms with Crippen LogP contribution in [0.25, 0.3) is 11.0 Å². The lowest BCUT2D eigenvalue weighted by Crippen LogP contribution is -2.51. The van der Waals surface area contributed by atoms with Crippen LogP contribution in [0.1, 0.15) is 6.42 Å². The van der Waals surface area contributed by atoms with Crippen LogP contribution in [0.5, 0.6) is 0 Å². The average Bonchev–Trinajstić information content (AvgIpc) is 3.40. The molecular formula is C20H27N9OS. The zero-order valence-electron chi connectivity index (χ0n) is 17.7. The first-order chi connectivity index (χ1) is 15.2. The Morgan fingerprint density at radius 3 is 2.65 bits per heavy atom. The first-order valence-electron chi connectivity index (χ1n) is 10.7. The van der Waals surface area contributed by atoms with Crippen molar-refractivity contribution in [3.63, 3.8) is 0 Å². The normalized spacial score (nSPS) is 18.5. The van der Waals surface area contributed by atoms with Crippen LogP contribution in [0, 0.1) is 0 Å². The van der Waals surface area contributed by atoms with Crippen molar-refractivity contribution in [2.75, 3.05) is 68.7 Å². The molecule has 0 N–H and O–H groups in total. The van der Waals surface area contributed by atoms with Crippen molar-refractivity contribution in [3.8, 4) is 0 Å². The molecule has 2 aliphatic heterocycles. The van der Waals surface area contributed by atoms with Crippen LogP contribution in [0.15, 0.2) is 24.1 Å². The predicted molar refractivity (Wildman–Crippen MR) is 120 cm³/mol. The molecular weight excluding hydrogens is 414 g/mol. The summed E-state index contributed by atoms with van der Waals surface area (Å²) in [4.78, 5) is 35.0. The Balaban J connectivity index is 1.15. The summed E-state index contributed by atoms with van der Waals surface area (Å²) in [7, 11) is 1.88. The molecule has 0 bridgehead atoms. The minimum atomic E-state index is 0.219. The summed E-state index contributed by atoms with van der Waals surface area (Å²) >= 11 is 1.68. The molecule has 11 heteroatoms.